The van der Waals surface area contributed by atoms with E-state index >= 15 is 0 Å². The van der Waals surface area contributed by atoms with E-state index < -0.39 is 6.04 Å². The summed E-state index contributed by atoms with van der Waals surface area (Å²) in [5, 5.41) is 3.72. The molecule has 0 bridgehead atoms. The average Bonchev–Trinajstić information content (AvgIpc) is 2.59. The number of aryl methyl sites for hydroxylation is 1. The first-order valence-electron chi connectivity index (χ1n) is 4.10. The van der Waals surface area contributed by atoms with Crippen LogP contribution in [0.5, 0.6) is 0 Å². The van der Waals surface area contributed by atoms with Crippen molar-refractivity contribution < 1.29 is 4.79 Å². The average molecular weight is 219 g/mol. The lowest BCUT2D eigenvalue weighted by Crippen LogP contribution is -2.34. The number of H-pyrrole nitrogens is 1. The van der Waals surface area contributed by atoms with Crippen molar-refractivity contribution in [1.82, 2.24) is 14.8 Å². The lowest BCUT2D eigenvalue weighted by Gasteiger charge is -2.07. The molecule has 1 unspecified atom stereocenters. The second kappa shape index (κ2) is 4.92. The number of hydrogen-bond donors (Lipinski definition) is 2. The summed E-state index contributed by atoms with van der Waals surface area (Å²) in [4.78, 5) is 24.3. The fourth-order valence-electron chi connectivity index (χ4n) is 0.961. The van der Waals surface area contributed by atoms with E-state index in [1.807, 2.05) is 0 Å². The van der Waals surface area contributed by atoms with Crippen LogP contribution in [0, 0.1) is 0 Å². The zero-order chi connectivity index (χ0) is 10.6. The maximum absolute atomic E-state index is 11.0. The van der Waals surface area contributed by atoms with Gasteiger partial charge in [-0.1, -0.05) is 0 Å². The Kier molecular flexibility index (Phi) is 3.84. The molecule has 3 N–H and O–H groups in total. The molecule has 0 aromatic carbocycles. The Morgan fingerprint density at radius 2 is 2.50 bits per heavy atom. The summed E-state index contributed by atoms with van der Waals surface area (Å²) in [5.41, 5.74) is 5.20. The van der Waals surface area contributed by atoms with Gasteiger partial charge in [0, 0.05) is 6.54 Å². The highest BCUT2D eigenvalue weighted by Gasteiger charge is 2.12. The third-order valence-corrected chi connectivity index (χ3v) is 2.08. The van der Waals surface area contributed by atoms with E-state index in [4.69, 9.17) is 17.3 Å². The number of hydrogen-bond acceptors (Lipinski definition) is 4. The molecule has 0 radical (unpaired) electrons. The fourth-order valence-corrected chi connectivity index (χ4v) is 1.16. The zero-order valence-electron chi connectivity index (χ0n) is 7.44. The van der Waals surface area contributed by atoms with E-state index in [0.717, 1.165) is 0 Å². The van der Waals surface area contributed by atoms with E-state index in [1.165, 1.54) is 11.0 Å². The van der Waals surface area contributed by atoms with Gasteiger partial charge in [-0.3, -0.25) is 9.78 Å². The highest BCUT2D eigenvalue weighted by atomic mass is 35.5. The van der Waals surface area contributed by atoms with Crippen LogP contribution in [0.2, 0.25) is 0 Å². The first kappa shape index (κ1) is 10.9. The van der Waals surface area contributed by atoms with Crippen molar-refractivity contribution in [3.63, 3.8) is 0 Å². The molecule has 1 aromatic rings. The van der Waals surface area contributed by atoms with Crippen molar-refractivity contribution in [2.45, 2.75) is 19.0 Å². The molecule has 1 rings (SSSR count). The molecular formula is C7H11ClN4O2. The molecule has 6 nitrogen and oxygen atoms in total. The minimum Gasteiger partial charge on any atom is -0.321 e. The van der Waals surface area contributed by atoms with E-state index in [0.29, 0.717) is 13.0 Å². The molecule has 78 valence electrons. The minimum absolute atomic E-state index is 0.101. The SMILES string of the molecule is NC(CCn1nc[nH]c1=O)C(=O)CCl. The topological polar surface area (TPSA) is 93.8 Å². The first-order chi connectivity index (χ1) is 6.65. The van der Waals surface area contributed by atoms with Crippen LogP contribution >= 0.6 is 11.6 Å². The molecule has 0 aliphatic rings. The van der Waals surface area contributed by atoms with Gasteiger partial charge in [-0.2, -0.15) is 5.10 Å². The number of rotatable bonds is 5. The summed E-state index contributed by atoms with van der Waals surface area (Å²) < 4.78 is 1.21. The number of carbonyl (C=O) groups is 1. The predicted octanol–water partition coefficient (Wildman–Crippen LogP) is -0.903. The molecule has 0 saturated heterocycles. The van der Waals surface area contributed by atoms with Gasteiger partial charge in [0.15, 0.2) is 5.78 Å². The molecule has 7 heteroatoms. The Labute approximate surface area is 85.0 Å². The number of carbonyl (C=O) groups excluding carboxylic acids is 1. The second-order valence-corrected chi connectivity index (χ2v) is 3.08. The summed E-state index contributed by atoms with van der Waals surface area (Å²) in [6.45, 7) is 0.312. The fraction of sp³-hybridized carbons (Fsp3) is 0.571. The third-order valence-electron chi connectivity index (χ3n) is 1.82. The Morgan fingerprint density at radius 1 is 1.79 bits per heavy atom. The number of nitrogens with two attached hydrogens (primary N) is 1. The van der Waals surface area contributed by atoms with Gasteiger partial charge in [0.2, 0.25) is 0 Å². The smallest absolute Gasteiger partial charge is 0.321 e. The Morgan fingerprint density at radius 3 is 3.00 bits per heavy atom. The molecule has 0 aliphatic carbocycles. The van der Waals surface area contributed by atoms with Crippen LogP contribution in [0.1, 0.15) is 6.42 Å². The lowest BCUT2D eigenvalue weighted by molar-refractivity contribution is -0.118. The predicted molar refractivity (Wildman–Crippen MR) is 51.2 cm³/mol. The molecule has 1 aromatic heterocycles. The van der Waals surface area contributed by atoms with Gasteiger partial charge in [0.05, 0.1) is 11.9 Å². The first-order valence-corrected chi connectivity index (χ1v) is 4.63. The lowest BCUT2D eigenvalue weighted by atomic mass is 10.1. The van der Waals surface area contributed by atoms with E-state index in [9.17, 15) is 9.59 Å². The number of Topliss-reactive ketones (excluding diaryl/α,β-unsaturated/α-hetero) is 1. The summed E-state index contributed by atoms with van der Waals surface area (Å²) in [6.07, 6.45) is 1.65. The largest absolute Gasteiger partial charge is 0.343 e. The van der Waals surface area contributed by atoms with Crippen LogP contribution in [0.4, 0.5) is 0 Å². The van der Waals surface area contributed by atoms with Gasteiger partial charge >= 0.3 is 5.69 Å². The molecule has 0 amide bonds. The molecule has 1 atom stereocenters. The van der Waals surface area contributed by atoms with Gasteiger partial charge in [0.1, 0.15) is 6.33 Å². The van der Waals surface area contributed by atoms with Crippen molar-refractivity contribution in [3.8, 4) is 0 Å². The monoisotopic (exact) mass is 218 g/mol. The standard InChI is InChI=1S/C7H11ClN4O2/c8-3-6(13)5(9)1-2-12-7(14)10-4-11-12/h4-5H,1-3,9H2,(H,10,11,14). The highest BCUT2D eigenvalue weighted by molar-refractivity contribution is 6.28. The zero-order valence-corrected chi connectivity index (χ0v) is 8.20. The number of alkyl halides is 1. The number of halogens is 1. The van der Waals surface area contributed by atoms with Crippen molar-refractivity contribution >= 4 is 17.4 Å². The maximum Gasteiger partial charge on any atom is 0.343 e. The second-order valence-electron chi connectivity index (χ2n) is 2.81. The molecular weight excluding hydrogens is 208 g/mol. The van der Waals surface area contributed by atoms with E-state index in [-0.39, 0.29) is 17.4 Å². The Hall–Kier alpha value is -1.14. The quantitative estimate of drug-likeness (QED) is 0.626. The number of ketones is 1. The van der Waals surface area contributed by atoms with Gasteiger partial charge in [-0.05, 0) is 6.42 Å². The van der Waals surface area contributed by atoms with Crippen molar-refractivity contribution in [3.05, 3.63) is 16.8 Å². The highest BCUT2D eigenvalue weighted by Crippen LogP contribution is 1.94. The summed E-state index contributed by atoms with van der Waals surface area (Å²) in [6, 6.07) is -0.629. The van der Waals surface area contributed by atoms with Crippen molar-refractivity contribution in [2.24, 2.45) is 5.73 Å². The molecule has 14 heavy (non-hydrogen) atoms. The van der Waals surface area contributed by atoms with E-state index in [2.05, 4.69) is 10.1 Å². The molecule has 0 spiro atoms. The number of nitrogens with one attached hydrogen (secondary N) is 1. The number of nitrogens with zero attached hydrogens (tertiary/aromatic N) is 2. The molecule has 0 aliphatic heterocycles. The van der Waals surface area contributed by atoms with Gasteiger partial charge < -0.3 is 5.73 Å². The summed E-state index contributed by atoms with van der Waals surface area (Å²) in [5.74, 6) is -0.327. The van der Waals surface area contributed by atoms with Gasteiger partial charge in [0.25, 0.3) is 0 Å². The van der Waals surface area contributed by atoms with Crippen molar-refractivity contribution in [2.75, 3.05) is 5.88 Å². The number of aromatic nitrogens is 3. The van der Waals surface area contributed by atoms with Crippen molar-refractivity contribution in [1.29, 1.82) is 0 Å². The van der Waals surface area contributed by atoms with Crippen LogP contribution in [-0.4, -0.2) is 32.5 Å². The Bertz CT molecular complexity index is 359. The molecule has 0 fully saturated rings. The van der Waals surface area contributed by atoms with Crippen LogP contribution in [0.15, 0.2) is 11.1 Å². The van der Waals surface area contributed by atoms with Gasteiger partial charge in [-0.25, -0.2) is 9.48 Å². The normalized spacial score (nSPS) is 12.7. The summed E-state index contributed by atoms with van der Waals surface area (Å²) >= 11 is 5.32. The van der Waals surface area contributed by atoms with Gasteiger partial charge in [-0.15, -0.1) is 11.6 Å². The summed E-state index contributed by atoms with van der Waals surface area (Å²) in [7, 11) is 0. The van der Waals surface area contributed by atoms with Crippen LogP contribution in [0.25, 0.3) is 0 Å². The molecule has 1 heterocycles. The van der Waals surface area contributed by atoms with Crippen LogP contribution in [-0.2, 0) is 11.3 Å². The number of aromatic amines is 1. The molecule has 0 saturated carbocycles. The van der Waals surface area contributed by atoms with Crippen LogP contribution < -0.4 is 11.4 Å². The maximum atomic E-state index is 11.0. The minimum atomic E-state index is -0.629. The van der Waals surface area contributed by atoms with Crippen LogP contribution in [0.3, 0.4) is 0 Å². The third kappa shape index (κ3) is 2.68. The Balaban J connectivity index is 2.45. The van der Waals surface area contributed by atoms with E-state index in [1.54, 1.807) is 0 Å².